The molecule has 144 valence electrons. The first-order chi connectivity index (χ1) is 13.0. The Balaban J connectivity index is 1.55. The van der Waals surface area contributed by atoms with Crippen molar-refractivity contribution in [2.45, 2.75) is 25.4 Å². The summed E-state index contributed by atoms with van der Waals surface area (Å²) in [7, 11) is -2.46. The molecule has 0 radical (unpaired) electrons. The molecule has 1 aromatic carbocycles. The molecule has 9 nitrogen and oxygen atoms in total. The number of aromatic nitrogens is 4. The average molecular weight is 390 g/mol. The number of hydrogen-bond donors (Lipinski definition) is 0. The molecule has 0 saturated carbocycles. The number of ether oxygens (including phenoxy) is 1. The number of benzene rings is 1. The fourth-order valence-electron chi connectivity index (χ4n) is 3.68. The van der Waals surface area contributed by atoms with E-state index < -0.39 is 15.3 Å². The number of morpholine rings is 1. The van der Waals surface area contributed by atoms with Crippen LogP contribution in [0, 0.1) is 0 Å². The van der Waals surface area contributed by atoms with Crippen LogP contribution in [0.25, 0.3) is 5.69 Å². The van der Waals surface area contributed by atoms with Crippen molar-refractivity contribution in [1.82, 2.24) is 20.2 Å². The highest BCUT2D eigenvalue weighted by molar-refractivity contribution is 7.93. The van der Waals surface area contributed by atoms with Crippen LogP contribution >= 0.6 is 0 Å². The van der Waals surface area contributed by atoms with Gasteiger partial charge in [-0.3, -0.25) is 4.79 Å². The summed E-state index contributed by atoms with van der Waals surface area (Å²) in [6, 6.07) is 9.74. The van der Waals surface area contributed by atoms with Gasteiger partial charge in [0.05, 0.1) is 34.2 Å². The number of tetrazole rings is 1. The van der Waals surface area contributed by atoms with E-state index in [-0.39, 0.29) is 5.91 Å². The van der Waals surface area contributed by atoms with E-state index in [4.69, 9.17) is 4.74 Å². The lowest BCUT2D eigenvalue weighted by molar-refractivity contribution is -0.115. The summed E-state index contributed by atoms with van der Waals surface area (Å²) < 4.78 is 24.4. The predicted molar refractivity (Wildman–Crippen MR) is 100 cm³/mol. The van der Waals surface area contributed by atoms with Gasteiger partial charge in [0.2, 0.25) is 0 Å². The molecule has 0 unspecified atom stereocenters. The van der Waals surface area contributed by atoms with Crippen molar-refractivity contribution in [2.75, 3.05) is 36.1 Å². The molecule has 1 spiro atoms. The maximum absolute atomic E-state index is 12.7. The van der Waals surface area contributed by atoms with Crippen LogP contribution in [0.4, 0.5) is 5.95 Å². The van der Waals surface area contributed by atoms with Crippen molar-refractivity contribution in [2.24, 2.45) is 4.36 Å². The number of anilines is 1. The van der Waals surface area contributed by atoms with Crippen LogP contribution in [0.1, 0.15) is 19.8 Å². The number of para-hydroxylation sites is 1. The van der Waals surface area contributed by atoms with Gasteiger partial charge in [-0.15, -0.1) is 0 Å². The van der Waals surface area contributed by atoms with E-state index in [0.29, 0.717) is 50.0 Å². The van der Waals surface area contributed by atoms with Crippen LogP contribution in [0.3, 0.4) is 0 Å². The Labute approximate surface area is 157 Å². The maximum Gasteiger partial charge on any atom is 0.250 e. The van der Waals surface area contributed by atoms with Crippen LogP contribution in [0.15, 0.2) is 34.7 Å². The second-order valence-electron chi connectivity index (χ2n) is 6.97. The topological polar surface area (TPSA) is 103 Å². The summed E-state index contributed by atoms with van der Waals surface area (Å²) in [5.41, 5.74) is 0.490. The van der Waals surface area contributed by atoms with Gasteiger partial charge in [0.25, 0.3) is 11.9 Å². The molecule has 1 amide bonds. The number of carbonyl (C=O) groups is 1. The monoisotopic (exact) mass is 390 g/mol. The zero-order chi connectivity index (χ0) is 18.9. The van der Waals surface area contributed by atoms with E-state index in [1.807, 2.05) is 30.3 Å². The van der Waals surface area contributed by atoms with Crippen LogP contribution in [0.5, 0.6) is 0 Å². The van der Waals surface area contributed by atoms with E-state index in [0.717, 1.165) is 5.69 Å². The van der Waals surface area contributed by atoms with Crippen LogP contribution in [-0.4, -0.2) is 67.1 Å². The third-order valence-electron chi connectivity index (χ3n) is 5.03. The molecule has 0 aliphatic carbocycles. The minimum absolute atomic E-state index is 0.371. The Morgan fingerprint density at radius 3 is 2.70 bits per heavy atom. The first-order valence-corrected chi connectivity index (χ1v) is 10.8. The molecule has 2 aromatic rings. The van der Waals surface area contributed by atoms with Gasteiger partial charge in [0.15, 0.2) is 0 Å². The molecule has 2 fully saturated rings. The Morgan fingerprint density at radius 1 is 1.26 bits per heavy atom. The van der Waals surface area contributed by atoms with Gasteiger partial charge < -0.3 is 9.64 Å². The number of hydrogen-bond acceptors (Lipinski definition) is 7. The van der Waals surface area contributed by atoms with Crippen molar-refractivity contribution in [3.8, 4) is 5.69 Å². The van der Waals surface area contributed by atoms with Crippen molar-refractivity contribution in [1.29, 1.82) is 0 Å². The molecule has 0 atom stereocenters. The second-order valence-corrected chi connectivity index (χ2v) is 9.51. The molecule has 2 saturated heterocycles. The van der Waals surface area contributed by atoms with Gasteiger partial charge >= 0.3 is 0 Å². The maximum atomic E-state index is 12.7. The molecule has 2 aliphatic rings. The van der Waals surface area contributed by atoms with Crippen molar-refractivity contribution < 1.29 is 13.7 Å². The highest BCUT2D eigenvalue weighted by Gasteiger charge is 2.42. The summed E-state index contributed by atoms with van der Waals surface area (Å²) in [5.74, 6) is 1.06. The third-order valence-corrected chi connectivity index (χ3v) is 7.31. The molecule has 3 heterocycles. The first kappa shape index (κ1) is 18.1. The molecule has 1 aromatic heterocycles. The average Bonchev–Trinajstić information content (AvgIpc) is 3.15. The predicted octanol–water partition coefficient (Wildman–Crippen LogP) is 1.05. The lowest BCUT2D eigenvalue weighted by Gasteiger charge is -2.45. The van der Waals surface area contributed by atoms with Crippen LogP contribution in [0.2, 0.25) is 0 Å². The number of nitrogens with zero attached hydrogens (tertiary/aromatic N) is 6. The van der Waals surface area contributed by atoms with Crippen LogP contribution in [-0.2, 0) is 19.3 Å². The summed E-state index contributed by atoms with van der Waals surface area (Å²) in [4.78, 5) is 13.4. The van der Waals surface area contributed by atoms with E-state index in [1.54, 1.807) is 4.68 Å². The van der Waals surface area contributed by atoms with Crippen LogP contribution < -0.4 is 4.90 Å². The van der Waals surface area contributed by atoms with Crippen molar-refractivity contribution in [3.05, 3.63) is 30.3 Å². The first-order valence-electron chi connectivity index (χ1n) is 8.95. The smallest absolute Gasteiger partial charge is 0.250 e. The van der Waals surface area contributed by atoms with E-state index in [1.165, 1.54) is 6.92 Å². The molecule has 0 bridgehead atoms. The van der Waals surface area contributed by atoms with E-state index >= 15 is 0 Å². The highest BCUT2D eigenvalue weighted by atomic mass is 32.2. The second kappa shape index (κ2) is 7.01. The fraction of sp³-hybridized carbons (Fsp3) is 0.529. The van der Waals surface area contributed by atoms with Gasteiger partial charge in [-0.2, -0.15) is 9.04 Å². The third kappa shape index (κ3) is 3.72. The Bertz CT molecular complexity index is 937. The van der Waals surface area contributed by atoms with E-state index in [2.05, 4.69) is 24.8 Å². The molecule has 0 N–H and O–H groups in total. The molecule has 27 heavy (non-hydrogen) atoms. The van der Waals surface area contributed by atoms with Gasteiger partial charge in [0, 0.05) is 25.0 Å². The summed E-state index contributed by atoms with van der Waals surface area (Å²) >= 11 is 0. The SMILES string of the molecule is CC(=O)N=S1(=O)CCC2(CC1)CN(c1nnnn1-c1ccccc1)CCO2. The van der Waals surface area contributed by atoms with Gasteiger partial charge in [-0.25, -0.2) is 4.21 Å². The molecule has 10 heteroatoms. The van der Waals surface area contributed by atoms with Gasteiger partial charge in [-0.05, 0) is 35.4 Å². The fourth-order valence-corrected chi connectivity index (χ4v) is 5.91. The Morgan fingerprint density at radius 2 is 2.00 bits per heavy atom. The lowest BCUT2D eigenvalue weighted by Crippen LogP contribution is -2.56. The number of carbonyl (C=O) groups excluding carboxylic acids is 1. The Kier molecular flexibility index (Phi) is 4.68. The van der Waals surface area contributed by atoms with Crippen molar-refractivity contribution in [3.63, 3.8) is 0 Å². The summed E-state index contributed by atoms with van der Waals surface area (Å²) in [6.45, 7) is 3.20. The number of rotatable bonds is 2. The zero-order valence-electron chi connectivity index (χ0n) is 15.2. The van der Waals surface area contributed by atoms with Crippen molar-refractivity contribution >= 4 is 21.6 Å². The summed E-state index contributed by atoms with van der Waals surface area (Å²) in [5, 5.41) is 12.2. The lowest BCUT2D eigenvalue weighted by atomic mass is 9.94. The molecule has 4 rings (SSSR count). The minimum Gasteiger partial charge on any atom is -0.371 e. The zero-order valence-corrected chi connectivity index (χ0v) is 16.0. The quantitative estimate of drug-likeness (QED) is 0.755. The van der Waals surface area contributed by atoms with E-state index in [9.17, 15) is 9.00 Å². The largest absolute Gasteiger partial charge is 0.371 e. The standard InChI is InChI=1S/C17H22N6O3S/c1-14(24)19-27(25)11-7-17(8-12-27)13-22(9-10-26-17)16-18-20-21-23(16)15-5-3-2-4-6-15/h2-6H,7-13H2,1H3. The molecule has 2 aliphatic heterocycles. The highest BCUT2D eigenvalue weighted by Crippen LogP contribution is 2.33. The Hall–Kier alpha value is -2.33. The summed E-state index contributed by atoms with van der Waals surface area (Å²) in [6.07, 6.45) is 1.21. The van der Waals surface area contributed by atoms with Gasteiger partial charge in [-0.1, -0.05) is 23.3 Å². The van der Waals surface area contributed by atoms with Gasteiger partial charge in [0.1, 0.15) is 0 Å². The normalized spacial score (nSPS) is 28.3. The molecular weight excluding hydrogens is 368 g/mol. The number of amides is 1. The minimum atomic E-state index is -2.46. The molecular formula is C17H22N6O3S.